The van der Waals surface area contributed by atoms with Gasteiger partial charge >= 0.3 is 0 Å². The van der Waals surface area contributed by atoms with Crippen molar-refractivity contribution in [3.63, 3.8) is 0 Å². The molecular formula is C24H29N5O. The second kappa shape index (κ2) is 9.22. The predicted molar refractivity (Wildman–Crippen MR) is 120 cm³/mol. The highest BCUT2D eigenvalue weighted by Gasteiger charge is 2.24. The second-order valence-electron chi connectivity index (χ2n) is 8.04. The van der Waals surface area contributed by atoms with E-state index in [0.717, 1.165) is 61.1 Å². The number of aromatic nitrogens is 3. The van der Waals surface area contributed by atoms with Crippen LogP contribution in [0.15, 0.2) is 54.9 Å². The van der Waals surface area contributed by atoms with Crippen LogP contribution >= 0.6 is 0 Å². The number of nitrogens with zero attached hydrogens (tertiary/aromatic N) is 5. The van der Waals surface area contributed by atoms with E-state index in [2.05, 4.69) is 34.1 Å². The van der Waals surface area contributed by atoms with E-state index in [9.17, 15) is 0 Å². The first-order chi connectivity index (χ1) is 14.6. The fourth-order valence-corrected chi connectivity index (χ4v) is 3.98. The van der Waals surface area contributed by atoms with Gasteiger partial charge in [0.1, 0.15) is 11.6 Å². The Bertz CT molecular complexity index is 976. The summed E-state index contributed by atoms with van der Waals surface area (Å²) in [7, 11) is 5.76. The molecule has 4 rings (SSSR count). The number of rotatable bonds is 6. The van der Waals surface area contributed by atoms with Crippen LogP contribution in [-0.2, 0) is 6.54 Å². The zero-order chi connectivity index (χ0) is 20.9. The van der Waals surface area contributed by atoms with Crippen molar-refractivity contribution in [3.05, 3.63) is 66.1 Å². The molecule has 30 heavy (non-hydrogen) atoms. The lowest BCUT2D eigenvalue weighted by Gasteiger charge is -2.33. The molecular weight excluding hydrogens is 374 g/mol. The van der Waals surface area contributed by atoms with Crippen LogP contribution in [0.2, 0.25) is 0 Å². The molecule has 0 aliphatic carbocycles. The minimum Gasteiger partial charge on any atom is -0.497 e. The molecule has 1 fully saturated rings. The summed E-state index contributed by atoms with van der Waals surface area (Å²) in [6, 6.07) is 14.4. The van der Waals surface area contributed by atoms with Crippen molar-refractivity contribution in [2.24, 2.45) is 0 Å². The lowest BCUT2D eigenvalue weighted by atomic mass is 9.94. The molecule has 6 nitrogen and oxygen atoms in total. The smallest absolute Gasteiger partial charge is 0.163 e. The maximum atomic E-state index is 5.38. The number of methoxy groups -OCH3 is 1. The van der Waals surface area contributed by atoms with Crippen LogP contribution in [-0.4, -0.2) is 54.1 Å². The molecule has 0 spiro atoms. The standard InChI is InChI=1S/C24H29N5O/c1-28(2)23-14-22(26-24(27-23)19-8-5-11-25-15-19)20-9-6-12-29(17-20)16-18-7-4-10-21(13-18)30-3/h4-5,7-8,10-11,13-15,20H,6,9,12,16-17H2,1-3H3. The number of benzene rings is 1. The van der Waals surface area contributed by atoms with Gasteiger partial charge < -0.3 is 9.64 Å². The van der Waals surface area contributed by atoms with Gasteiger partial charge in [0.15, 0.2) is 5.82 Å². The molecule has 0 N–H and O–H groups in total. The first kappa shape index (κ1) is 20.3. The van der Waals surface area contributed by atoms with Gasteiger partial charge in [-0.05, 0) is 49.2 Å². The summed E-state index contributed by atoms with van der Waals surface area (Å²) in [6.07, 6.45) is 5.91. The highest BCUT2D eigenvalue weighted by Crippen LogP contribution is 2.30. The highest BCUT2D eigenvalue weighted by atomic mass is 16.5. The zero-order valence-electron chi connectivity index (χ0n) is 18.0. The van der Waals surface area contributed by atoms with Crippen LogP contribution in [0.25, 0.3) is 11.4 Å². The first-order valence-corrected chi connectivity index (χ1v) is 10.4. The molecule has 6 heteroatoms. The Morgan fingerprint density at radius 3 is 2.80 bits per heavy atom. The average Bonchev–Trinajstić information content (AvgIpc) is 2.79. The largest absolute Gasteiger partial charge is 0.497 e. The van der Waals surface area contributed by atoms with Crippen molar-refractivity contribution in [2.45, 2.75) is 25.3 Å². The van der Waals surface area contributed by atoms with Gasteiger partial charge in [-0.15, -0.1) is 0 Å². The first-order valence-electron chi connectivity index (χ1n) is 10.4. The van der Waals surface area contributed by atoms with Crippen LogP contribution in [0.3, 0.4) is 0 Å². The van der Waals surface area contributed by atoms with Crippen molar-refractivity contribution in [2.75, 3.05) is 39.2 Å². The molecule has 2 aromatic heterocycles. The third-order valence-electron chi connectivity index (χ3n) is 5.57. The van der Waals surface area contributed by atoms with Gasteiger partial charge in [0.05, 0.1) is 12.8 Å². The molecule has 3 aromatic rings. The van der Waals surface area contributed by atoms with Crippen LogP contribution in [0.5, 0.6) is 5.75 Å². The number of ether oxygens (including phenoxy) is 1. The van der Waals surface area contributed by atoms with E-state index >= 15 is 0 Å². The van der Waals surface area contributed by atoms with Gasteiger partial charge in [-0.3, -0.25) is 9.88 Å². The Balaban J connectivity index is 1.57. The number of likely N-dealkylation sites (tertiary alicyclic amines) is 1. The number of hydrogen-bond donors (Lipinski definition) is 0. The van der Waals surface area contributed by atoms with E-state index < -0.39 is 0 Å². The van der Waals surface area contributed by atoms with Gasteiger partial charge in [-0.1, -0.05) is 12.1 Å². The van der Waals surface area contributed by atoms with Crippen LogP contribution in [0.4, 0.5) is 5.82 Å². The lowest BCUT2D eigenvalue weighted by molar-refractivity contribution is 0.198. The summed E-state index contributed by atoms with van der Waals surface area (Å²) >= 11 is 0. The molecule has 1 saturated heterocycles. The van der Waals surface area contributed by atoms with Gasteiger partial charge in [0.2, 0.25) is 0 Å². The van der Waals surface area contributed by atoms with Gasteiger partial charge in [-0.25, -0.2) is 9.97 Å². The molecule has 0 bridgehead atoms. The molecule has 3 heterocycles. The highest BCUT2D eigenvalue weighted by molar-refractivity contribution is 5.56. The topological polar surface area (TPSA) is 54.4 Å². The third kappa shape index (κ3) is 4.76. The molecule has 0 radical (unpaired) electrons. The molecule has 1 aliphatic rings. The monoisotopic (exact) mass is 403 g/mol. The SMILES string of the molecule is COc1cccc(CN2CCCC(c3cc(N(C)C)nc(-c4cccnc4)n3)C2)c1. The Morgan fingerprint density at radius 2 is 2.03 bits per heavy atom. The minimum absolute atomic E-state index is 0.390. The second-order valence-corrected chi connectivity index (χ2v) is 8.04. The van der Waals surface area contributed by atoms with Crippen molar-refractivity contribution < 1.29 is 4.74 Å². The van der Waals surface area contributed by atoms with Crippen LogP contribution in [0, 0.1) is 0 Å². The number of pyridine rings is 1. The molecule has 1 aromatic carbocycles. The van der Waals surface area contributed by atoms with Gasteiger partial charge in [0, 0.05) is 57.1 Å². The fourth-order valence-electron chi connectivity index (χ4n) is 3.98. The van der Waals surface area contributed by atoms with E-state index in [0.29, 0.717) is 5.92 Å². The summed E-state index contributed by atoms with van der Waals surface area (Å²) in [5.41, 5.74) is 3.34. The Hall–Kier alpha value is -2.99. The van der Waals surface area contributed by atoms with E-state index in [-0.39, 0.29) is 0 Å². The van der Waals surface area contributed by atoms with E-state index in [1.807, 2.05) is 43.4 Å². The average molecular weight is 404 g/mol. The normalized spacial score (nSPS) is 17.0. The quantitative estimate of drug-likeness (QED) is 0.620. The van der Waals surface area contributed by atoms with Crippen LogP contribution in [0.1, 0.15) is 30.0 Å². The molecule has 1 aliphatic heterocycles. The maximum Gasteiger partial charge on any atom is 0.163 e. The van der Waals surface area contributed by atoms with E-state index in [1.54, 1.807) is 13.3 Å². The number of piperidine rings is 1. The number of anilines is 1. The third-order valence-corrected chi connectivity index (χ3v) is 5.57. The summed E-state index contributed by atoms with van der Waals surface area (Å²) in [4.78, 5) is 18.5. The van der Waals surface area contributed by atoms with Crippen LogP contribution < -0.4 is 9.64 Å². The van der Waals surface area contributed by atoms with Crippen molar-refractivity contribution in [3.8, 4) is 17.1 Å². The maximum absolute atomic E-state index is 5.38. The Labute approximate surface area is 178 Å². The zero-order valence-corrected chi connectivity index (χ0v) is 18.0. The minimum atomic E-state index is 0.390. The fraction of sp³-hybridized carbons (Fsp3) is 0.375. The van der Waals surface area contributed by atoms with E-state index in [1.165, 1.54) is 5.56 Å². The lowest BCUT2D eigenvalue weighted by Crippen LogP contribution is -2.34. The summed E-state index contributed by atoms with van der Waals surface area (Å²) in [5, 5.41) is 0. The van der Waals surface area contributed by atoms with Crippen molar-refractivity contribution >= 4 is 5.82 Å². The van der Waals surface area contributed by atoms with Gasteiger partial charge in [0.25, 0.3) is 0 Å². The Morgan fingerprint density at radius 1 is 1.13 bits per heavy atom. The van der Waals surface area contributed by atoms with Crippen molar-refractivity contribution in [1.29, 1.82) is 0 Å². The molecule has 1 atom stereocenters. The van der Waals surface area contributed by atoms with E-state index in [4.69, 9.17) is 14.7 Å². The van der Waals surface area contributed by atoms with Gasteiger partial charge in [-0.2, -0.15) is 0 Å². The molecule has 156 valence electrons. The molecule has 0 amide bonds. The molecule has 0 saturated carbocycles. The summed E-state index contributed by atoms with van der Waals surface area (Å²) in [6.45, 7) is 3.02. The predicted octanol–water partition coefficient (Wildman–Crippen LogP) is 3.99. The Kier molecular flexibility index (Phi) is 6.23. The summed E-state index contributed by atoms with van der Waals surface area (Å²) < 4.78 is 5.38. The summed E-state index contributed by atoms with van der Waals surface area (Å²) in [5.74, 6) is 2.98. The van der Waals surface area contributed by atoms with Crippen molar-refractivity contribution in [1.82, 2.24) is 19.9 Å². The number of hydrogen-bond acceptors (Lipinski definition) is 6. The molecule has 1 unspecified atom stereocenters.